The first kappa shape index (κ1) is 16.4. The zero-order valence-corrected chi connectivity index (χ0v) is 13.6. The molecule has 5 nitrogen and oxygen atoms in total. The Balaban J connectivity index is 2.48. The Morgan fingerprint density at radius 3 is 2.73 bits per heavy atom. The average Bonchev–Trinajstić information content (AvgIpc) is 2.50. The predicted molar refractivity (Wildman–Crippen MR) is 84.4 cm³/mol. The van der Waals surface area contributed by atoms with E-state index in [-0.39, 0.29) is 6.03 Å². The number of rotatable bonds is 4. The molecule has 1 aromatic carbocycles. The van der Waals surface area contributed by atoms with Gasteiger partial charge in [-0.25, -0.2) is 9.59 Å². The number of allylic oxidation sites excluding steroid dienone is 1. The van der Waals surface area contributed by atoms with Crippen molar-refractivity contribution in [2.24, 2.45) is 0 Å². The van der Waals surface area contributed by atoms with Crippen LogP contribution < -0.4 is 5.32 Å². The molecule has 2 rings (SSSR count). The number of halogens is 1. The fourth-order valence-corrected chi connectivity index (χ4v) is 2.56. The molecule has 6 heteroatoms. The summed E-state index contributed by atoms with van der Waals surface area (Å²) in [4.78, 5) is 25.9. The minimum absolute atomic E-state index is 0.283. The number of hydrogen-bond acceptors (Lipinski definition) is 3. The minimum Gasteiger partial charge on any atom is -0.462 e. The highest BCUT2D eigenvalue weighted by Crippen LogP contribution is 2.34. The highest BCUT2D eigenvalue weighted by Gasteiger charge is 2.35. The van der Waals surface area contributed by atoms with Crippen LogP contribution in [0.25, 0.3) is 0 Å². The molecule has 1 aromatic rings. The Hall–Kier alpha value is -2.01. The molecule has 0 unspecified atom stereocenters. The molecule has 1 heterocycles. The number of carbonyl (C=O) groups excluding carboxylic acids is 2. The standard InChI is InChI=1S/C16H19ClN2O3/c1-4-9-22-15(20)13-10(2)19(3)16(21)18-14(13)11-7-5-6-8-12(11)17/h5-8,14H,4,9H2,1-3H3,(H,18,21)/t14-/m1/s1. The van der Waals surface area contributed by atoms with Gasteiger partial charge >= 0.3 is 12.0 Å². The van der Waals surface area contributed by atoms with Crippen LogP contribution in [0.4, 0.5) is 4.79 Å². The van der Waals surface area contributed by atoms with Crippen molar-refractivity contribution in [2.75, 3.05) is 13.7 Å². The molecule has 1 N–H and O–H groups in total. The van der Waals surface area contributed by atoms with Gasteiger partial charge in [-0.1, -0.05) is 36.7 Å². The van der Waals surface area contributed by atoms with Gasteiger partial charge in [-0.3, -0.25) is 0 Å². The number of hydrogen-bond donors (Lipinski definition) is 1. The van der Waals surface area contributed by atoms with E-state index < -0.39 is 12.0 Å². The van der Waals surface area contributed by atoms with Crippen molar-refractivity contribution >= 4 is 23.6 Å². The van der Waals surface area contributed by atoms with Crippen LogP contribution >= 0.6 is 11.6 Å². The second-order valence-corrected chi connectivity index (χ2v) is 5.51. The average molecular weight is 323 g/mol. The zero-order valence-electron chi connectivity index (χ0n) is 12.9. The van der Waals surface area contributed by atoms with Crippen LogP contribution in [0.5, 0.6) is 0 Å². The van der Waals surface area contributed by atoms with E-state index in [2.05, 4.69) is 5.32 Å². The summed E-state index contributed by atoms with van der Waals surface area (Å²) in [6.07, 6.45) is 0.733. The van der Waals surface area contributed by atoms with Crippen molar-refractivity contribution in [2.45, 2.75) is 26.3 Å². The van der Waals surface area contributed by atoms with Crippen molar-refractivity contribution in [1.82, 2.24) is 10.2 Å². The highest BCUT2D eigenvalue weighted by molar-refractivity contribution is 6.31. The summed E-state index contributed by atoms with van der Waals surface area (Å²) in [6.45, 7) is 3.99. The van der Waals surface area contributed by atoms with Crippen LogP contribution in [0.15, 0.2) is 35.5 Å². The predicted octanol–water partition coefficient (Wildman–Crippen LogP) is 3.26. The number of ether oxygens (including phenoxy) is 1. The molecular weight excluding hydrogens is 304 g/mol. The van der Waals surface area contributed by atoms with Gasteiger partial charge in [-0.15, -0.1) is 0 Å². The van der Waals surface area contributed by atoms with Gasteiger partial charge in [0.1, 0.15) is 0 Å². The van der Waals surface area contributed by atoms with Crippen LogP contribution in [0.2, 0.25) is 5.02 Å². The second-order valence-electron chi connectivity index (χ2n) is 5.10. The van der Waals surface area contributed by atoms with E-state index in [4.69, 9.17) is 16.3 Å². The van der Waals surface area contributed by atoms with E-state index in [0.717, 1.165) is 6.42 Å². The number of carbonyl (C=O) groups is 2. The minimum atomic E-state index is -0.609. The number of benzene rings is 1. The molecule has 1 aliphatic heterocycles. The van der Waals surface area contributed by atoms with Gasteiger partial charge < -0.3 is 15.0 Å². The van der Waals surface area contributed by atoms with Gasteiger partial charge in [0.05, 0.1) is 18.2 Å². The fraction of sp³-hybridized carbons (Fsp3) is 0.375. The Bertz CT molecular complexity index is 628. The Kier molecular flexibility index (Phi) is 5.08. The summed E-state index contributed by atoms with van der Waals surface area (Å²) >= 11 is 6.22. The number of amides is 2. The molecule has 1 aliphatic rings. The van der Waals surface area contributed by atoms with Crippen LogP contribution in [-0.2, 0) is 9.53 Å². The van der Waals surface area contributed by atoms with Crippen LogP contribution in [0.1, 0.15) is 31.9 Å². The Morgan fingerprint density at radius 1 is 1.41 bits per heavy atom. The monoisotopic (exact) mass is 322 g/mol. The molecule has 0 radical (unpaired) electrons. The topological polar surface area (TPSA) is 58.6 Å². The van der Waals surface area contributed by atoms with Gasteiger partial charge in [-0.05, 0) is 25.0 Å². The maximum Gasteiger partial charge on any atom is 0.338 e. The first-order valence-electron chi connectivity index (χ1n) is 7.13. The van der Waals surface area contributed by atoms with E-state index in [9.17, 15) is 9.59 Å². The second kappa shape index (κ2) is 6.83. The molecular formula is C16H19ClN2O3. The number of nitrogens with one attached hydrogen (secondary N) is 1. The first-order valence-corrected chi connectivity index (χ1v) is 7.51. The van der Waals surface area contributed by atoms with Crippen LogP contribution in [-0.4, -0.2) is 30.6 Å². The zero-order chi connectivity index (χ0) is 16.3. The van der Waals surface area contributed by atoms with Gasteiger partial charge in [0.2, 0.25) is 0 Å². The molecule has 0 saturated heterocycles. The number of nitrogens with zero attached hydrogens (tertiary/aromatic N) is 1. The lowest BCUT2D eigenvalue weighted by Gasteiger charge is -2.33. The van der Waals surface area contributed by atoms with Crippen molar-refractivity contribution in [3.63, 3.8) is 0 Å². The molecule has 0 fully saturated rings. The molecule has 0 bridgehead atoms. The third kappa shape index (κ3) is 3.09. The van der Waals surface area contributed by atoms with E-state index in [0.29, 0.717) is 28.5 Å². The largest absolute Gasteiger partial charge is 0.462 e. The lowest BCUT2D eigenvalue weighted by Crippen LogP contribution is -2.46. The van der Waals surface area contributed by atoms with Gasteiger partial charge in [0, 0.05) is 17.8 Å². The smallest absolute Gasteiger partial charge is 0.338 e. The highest BCUT2D eigenvalue weighted by atomic mass is 35.5. The molecule has 1 atom stereocenters. The maximum absolute atomic E-state index is 12.4. The van der Waals surface area contributed by atoms with Crippen molar-refractivity contribution in [3.05, 3.63) is 46.1 Å². The molecule has 0 spiro atoms. The summed E-state index contributed by atoms with van der Waals surface area (Å²) in [7, 11) is 1.61. The van der Waals surface area contributed by atoms with E-state index in [1.807, 2.05) is 13.0 Å². The number of esters is 1. The van der Waals surface area contributed by atoms with Crippen molar-refractivity contribution in [3.8, 4) is 0 Å². The lowest BCUT2D eigenvalue weighted by molar-refractivity contribution is -0.139. The molecule has 2 amide bonds. The Morgan fingerprint density at radius 2 is 2.09 bits per heavy atom. The fourth-order valence-electron chi connectivity index (χ4n) is 2.31. The van der Waals surface area contributed by atoms with Crippen molar-refractivity contribution in [1.29, 1.82) is 0 Å². The summed E-state index contributed by atoms with van der Waals surface area (Å²) < 4.78 is 5.26. The SMILES string of the molecule is CCCOC(=O)C1=C(C)N(C)C(=O)N[C@@H]1c1ccccc1Cl. The third-order valence-corrected chi connectivity index (χ3v) is 3.97. The molecule has 0 aliphatic carbocycles. The molecule has 0 saturated carbocycles. The van der Waals surface area contributed by atoms with Crippen LogP contribution in [0, 0.1) is 0 Å². The number of urea groups is 1. The van der Waals surface area contributed by atoms with Gasteiger partial charge in [0.15, 0.2) is 0 Å². The van der Waals surface area contributed by atoms with Gasteiger partial charge in [-0.2, -0.15) is 0 Å². The summed E-state index contributed by atoms with van der Waals surface area (Å²) in [5, 5.41) is 3.30. The van der Waals surface area contributed by atoms with Gasteiger partial charge in [0.25, 0.3) is 0 Å². The third-order valence-electron chi connectivity index (χ3n) is 3.63. The van der Waals surface area contributed by atoms with E-state index in [1.54, 1.807) is 32.2 Å². The Labute approximate surface area is 134 Å². The quantitative estimate of drug-likeness (QED) is 0.866. The van der Waals surface area contributed by atoms with Crippen molar-refractivity contribution < 1.29 is 14.3 Å². The molecule has 0 aromatic heterocycles. The lowest BCUT2D eigenvalue weighted by atomic mass is 9.95. The molecule has 22 heavy (non-hydrogen) atoms. The van der Waals surface area contributed by atoms with E-state index in [1.165, 1.54) is 4.90 Å². The summed E-state index contributed by atoms with van der Waals surface area (Å²) in [6, 6.07) is 6.24. The first-order chi connectivity index (χ1) is 10.5. The van der Waals surface area contributed by atoms with Crippen LogP contribution in [0.3, 0.4) is 0 Å². The summed E-state index contributed by atoms with van der Waals surface area (Å²) in [5.74, 6) is -0.434. The summed E-state index contributed by atoms with van der Waals surface area (Å²) in [5.41, 5.74) is 1.65. The van der Waals surface area contributed by atoms with E-state index >= 15 is 0 Å². The normalized spacial score (nSPS) is 18.3. The molecule has 118 valence electrons. The maximum atomic E-state index is 12.4.